The normalized spacial score (nSPS) is 16.8. The maximum Gasteiger partial charge on any atom is 0.270 e. The van der Waals surface area contributed by atoms with Gasteiger partial charge in [0, 0.05) is 30.4 Å². The van der Waals surface area contributed by atoms with Crippen LogP contribution >= 0.6 is 11.3 Å². The summed E-state index contributed by atoms with van der Waals surface area (Å²) in [5.41, 5.74) is 4.18. The third kappa shape index (κ3) is 3.09. The summed E-state index contributed by atoms with van der Waals surface area (Å²) < 4.78 is 2.05. The molecule has 1 amide bonds. The van der Waals surface area contributed by atoms with Crippen LogP contribution in [0.3, 0.4) is 0 Å². The molecule has 1 saturated heterocycles. The summed E-state index contributed by atoms with van der Waals surface area (Å²) in [5.74, 6) is 0.332. The number of likely N-dealkylation sites (tertiary alicyclic amines) is 1. The van der Waals surface area contributed by atoms with Crippen LogP contribution in [0.4, 0.5) is 0 Å². The molecule has 27 heavy (non-hydrogen) atoms. The van der Waals surface area contributed by atoms with Gasteiger partial charge in [0.15, 0.2) is 0 Å². The second kappa shape index (κ2) is 7.13. The zero-order valence-corrected chi connectivity index (χ0v) is 16.9. The lowest BCUT2D eigenvalue weighted by Gasteiger charge is -2.34. The van der Waals surface area contributed by atoms with E-state index in [1.165, 1.54) is 5.56 Å². The molecule has 1 aliphatic rings. The van der Waals surface area contributed by atoms with Crippen LogP contribution in [0, 0.1) is 19.8 Å². The van der Waals surface area contributed by atoms with Gasteiger partial charge in [0.05, 0.1) is 11.6 Å². The molecule has 1 fully saturated rings. The van der Waals surface area contributed by atoms with E-state index in [0.717, 1.165) is 39.9 Å². The summed E-state index contributed by atoms with van der Waals surface area (Å²) in [7, 11) is 1.99. The van der Waals surface area contributed by atoms with Gasteiger partial charge in [-0.1, -0.05) is 24.3 Å². The molecule has 0 radical (unpaired) electrons. The van der Waals surface area contributed by atoms with Crippen LogP contribution in [-0.4, -0.2) is 33.6 Å². The average molecular weight is 383 g/mol. The minimum atomic E-state index is -0.413. The molecule has 1 atom stereocenters. The molecular formula is C22H26N2O2S. The lowest BCUT2D eigenvalue weighted by molar-refractivity contribution is 0.0467. The van der Waals surface area contributed by atoms with E-state index in [2.05, 4.69) is 29.7 Å². The van der Waals surface area contributed by atoms with Gasteiger partial charge in [-0.05, 0) is 55.2 Å². The predicted molar refractivity (Wildman–Crippen MR) is 110 cm³/mol. The molecule has 1 aliphatic heterocycles. The highest BCUT2D eigenvalue weighted by Crippen LogP contribution is 2.34. The Morgan fingerprint density at radius 2 is 1.93 bits per heavy atom. The van der Waals surface area contributed by atoms with Gasteiger partial charge in [-0.2, -0.15) is 0 Å². The number of carbonyl (C=O) groups excluding carboxylic acids is 1. The van der Waals surface area contributed by atoms with Crippen LogP contribution in [0.25, 0.3) is 10.9 Å². The second-order valence-electron chi connectivity index (χ2n) is 7.59. The predicted octanol–water partition coefficient (Wildman–Crippen LogP) is 4.44. The molecule has 4 rings (SSSR count). The quantitative estimate of drug-likeness (QED) is 0.728. The number of rotatable bonds is 3. The van der Waals surface area contributed by atoms with Crippen molar-refractivity contribution in [1.29, 1.82) is 0 Å². The van der Waals surface area contributed by atoms with Crippen LogP contribution in [0.2, 0.25) is 0 Å². The first-order chi connectivity index (χ1) is 13.0. The van der Waals surface area contributed by atoms with E-state index in [0.29, 0.717) is 13.1 Å². The maximum absolute atomic E-state index is 13.3. The summed E-state index contributed by atoms with van der Waals surface area (Å²) in [5, 5.41) is 13.8. The van der Waals surface area contributed by atoms with Crippen molar-refractivity contribution in [3.05, 3.63) is 57.4 Å². The molecule has 142 valence electrons. The number of hydrogen-bond donors (Lipinski definition) is 1. The summed E-state index contributed by atoms with van der Waals surface area (Å²) in [6, 6.07) is 10.2. The number of aliphatic hydroxyl groups excluding tert-OH is 1. The third-order valence-electron chi connectivity index (χ3n) is 5.98. The Hall–Kier alpha value is -2.11. The second-order valence-corrected chi connectivity index (χ2v) is 8.57. The third-order valence-corrected chi connectivity index (χ3v) is 6.92. The number of benzene rings is 1. The lowest BCUT2D eigenvalue weighted by Crippen LogP contribution is -2.40. The fourth-order valence-electron chi connectivity index (χ4n) is 4.46. The molecular weight excluding hydrogens is 356 g/mol. The monoisotopic (exact) mass is 382 g/mol. The Balaban J connectivity index is 1.54. The molecule has 3 aromatic rings. The largest absolute Gasteiger partial charge is 0.387 e. The number of aryl methyl sites for hydroxylation is 3. The Bertz CT molecular complexity index is 966. The van der Waals surface area contributed by atoms with Crippen molar-refractivity contribution < 1.29 is 9.90 Å². The number of thiophene rings is 1. The zero-order valence-electron chi connectivity index (χ0n) is 16.1. The molecule has 3 heterocycles. The van der Waals surface area contributed by atoms with E-state index in [-0.39, 0.29) is 11.8 Å². The van der Waals surface area contributed by atoms with Crippen LogP contribution in [-0.2, 0) is 7.05 Å². The first-order valence-corrected chi connectivity index (χ1v) is 10.4. The Labute approximate surface area is 164 Å². The lowest BCUT2D eigenvalue weighted by atomic mass is 9.90. The van der Waals surface area contributed by atoms with Gasteiger partial charge in [0.1, 0.15) is 5.69 Å². The van der Waals surface area contributed by atoms with Gasteiger partial charge in [-0.15, -0.1) is 11.3 Å². The van der Waals surface area contributed by atoms with E-state index >= 15 is 0 Å². The number of piperidine rings is 1. The molecule has 0 aliphatic carbocycles. The zero-order chi connectivity index (χ0) is 19.1. The fraction of sp³-hybridized carbons (Fsp3) is 0.409. The summed E-state index contributed by atoms with van der Waals surface area (Å²) in [4.78, 5) is 16.3. The Morgan fingerprint density at radius 1 is 1.19 bits per heavy atom. The minimum Gasteiger partial charge on any atom is -0.387 e. The minimum absolute atomic E-state index is 0.106. The first kappa shape index (κ1) is 18.3. The van der Waals surface area contributed by atoms with Crippen molar-refractivity contribution in [3.63, 3.8) is 0 Å². The Morgan fingerprint density at radius 3 is 2.56 bits per heavy atom. The molecule has 2 aromatic heterocycles. The average Bonchev–Trinajstić information content (AvgIpc) is 3.29. The Kier molecular flexibility index (Phi) is 4.82. The maximum atomic E-state index is 13.3. The van der Waals surface area contributed by atoms with E-state index in [4.69, 9.17) is 0 Å². The SMILES string of the molecule is Cc1c(C(=O)N2CCC([C@@H](O)c3cccs3)CC2)n(C)c2c(C)cccc12. The highest BCUT2D eigenvalue weighted by molar-refractivity contribution is 7.10. The molecule has 0 unspecified atom stereocenters. The summed E-state index contributed by atoms with van der Waals surface area (Å²) in [6.45, 7) is 5.54. The van der Waals surface area contributed by atoms with Crippen molar-refractivity contribution in [3.8, 4) is 0 Å². The van der Waals surface area contributed by atoms with Crippen molar-refractivity contribution in [2.45, 2.75) is 32.8 Å². The van der Waals surface area contributed by atoms with Crippen molar-refractivity contribution in [1.82, 2.24) is 9.47 Å². The van der Waals surface area contributed by atoms with E-state index in [1.54, 1.807) is 11.3 Å². The number of nitrogens with zero attached hydrogens (tertiary/aromatic N) is 2. The van der Waals surface area contributed by atoms with Crippen LogP contribution in [0.1, 0.15) is 45.4 Å². The van der Waals surface area contributed by atoms with E-state index in [1.807, 2.05) is 36.4 Å². The topological polar surface area (TPSA) is 45.5 Å². The van der Waals surface area contributed by atoms with E-state index < -0.39 is 6.10 Å². The van der Waals surface area contributed by atoms with Gasteiger partial charge in [-0.3, -0.25) is 4.79 Å². The van der Waals surface area contributed by atoms with Gasteiger partial charge in [0.2, 0.25) is 0 Å². The fourth-order valence-corrected chi connectivity index (χ4v) is 5.26. The van der Waals surface area contributed by atoms with Gasteiger partial charge >= 0.3 is 0 Å². The van der Waals surface area contributed by atoms with Gasteiger partial charge < -0.3 is 14.6 Å². The molecule has 1 N–H and O–H groups in total. The first-order valence-electron chi connectivity index (χ1n) is 9.54. The summed E-state index contributed by atoms with van der Waals surface area (Å²) >= 11 is 1.60. The van der Waals surface area contributed by atoms with Crippen molar-refractivity contribution in [2.75, 3.05) is 13.1 Å². The number of aromatic nitrogens is 1. The van der Waals surface area contributed by atoms with Crippen LogP contribution in [0.5, 0.6) is 0 Å². The van der Waals surface area contributed by atoms with Crippen molar-refractivity contribution >= 4 is 28.1 Å². The standard InChI is InChI=1S/C22H26N2O2S/c1-14-6-4-7-17-15(2)20(23(3)19(14)17)22(26)24-11-9-16(10-12-24)21(25)18-8-5-13-27-18/h4-8,13,16,21,25H,9-12H2,1-3H3/t21-/m1/s1. The highest BCUT2D eigenvalue weighted by atomic mass is 32.1. The number of aliphatic hydroxyl groups is 1. The molecule has 5 heteroatoms. The smallest absolute Gasteiger partial charge is 0.270 e. The van der Waals surface area contributed by atoms with Crippen LogP contribution in [0.15, 0.2) is 35.7 Å². The van der Waals surface area contributed by atoms with E-state index in [9.17, 15) is 9.90 Å². The number of para-hydroxylation sites is 1. The van der Waals surface area contributed by atoms with Gasteiger partial charge in [0.25, 0.3) is 5.91 Å². The number of amides is 1. The molecule has 0 spiro atoms. The number of hydrogen-bond acceptors (Lipinski definition) is 3. The molecule has 0 saturated carbocycles. The van der Waals surface area contributed by atoms with Crippen molar-refractivity contribution in [2.24, 2.45) is 13.0 Å². The van der Waals surface area contributed by atoms with Gasteiger partial charge in [-0.25, -0.2) is 0 Å². The number of carbonyl (C=O) groups is 1. The summed E-state index contributed by atoms with van der Waals surface area (Å²) in [6.07, 6.45) is 1.27. The molecule has 4 nitrogen and oxygen atoms in total. The number of fused-ring (bicyclic) bond motifs is 1. The van der Waals surface area contributed by atoms with Crippen LogP contribution < -0.4 is 0 Å². The molecule has 0 bridgehead atoms. The highest BCUT2D eigenvalue weighted by Gasteiger charge is 2.31. The molecule has 1 aromatic carbocycles.